The van der Waals surface area contributed by atoms with Gasteiger partial charge in [-0.1, -0.05) is 35.4 Å². The average molecular weight is 426 g/mol. The number of aryl methyl sites for hydroxylation is 1. The van der Waals surface area contributed by atoms with E-state index in [2.05, 4.69) is 36.2 Å². The smallest absolute Gasteiger partial charge is 0.226 e. The van der Waals surface area contributed by atoms with E-state index in [1.165, 1.54) is 16.7 Å². The van der Waals surface area contributed by atoms with E-state index in [-0.39, 0.29) is 5.91 Å². The summed E-state index contributed by atoms with van der Waals surface area (Å²) < 4.78 is 6.17. The van der Waals surface area contributed by atoms with E-state index >= 15 is 0 Å². The minimum atomic E-state index is 0.197. The summed E-state index contributed by atoms with van der Waals surface area (Å²) in [5.41, 5.74) is 8.07. The highest BCUT2D eigenvalue weighted by molar-refractivity contribution is 5.86. The quantitative estimate of drug-likeness (QED) is 0.680. The number of hydrogen-bond donors (Lipinski definition) is 0. The van der Waals surface area contributed by atoms with E-state index in [9.17, 15) is 4.79 Å². The first-order chi connectivity index (χ1) is 15.7. The first kappa shape index (κ1) is 20.4. The van der Waals surface area contributed by atoms with Crippen molar-refractivity contribution in [1.82, 2.24) is 9.88 Å². The van der Waals surface area contributed by atoms with Gasteiger partial charge in [-0.3, -0.25) is 14.8 Å². The number of pyridine rings is 1. The molecule has 0 aliphatic carbocycles. The molecule has 3 aliphatic heterocycles. The Balaban J connectivity index is 1.41. The Morgan fingerprint density at radius 3 is 2.94 bits per heavy atom. The summed E-state index contributed by atoms with van der Waals surface area (Å²) in [5.74, 6) is 1.11. The maximum Gasteiger partial charge on any atom is 0.226 e. The van der Waals surface area contributed by atoms with Crippen LogP contribution in [0.3, 0.4) is 0 Å². The van der Waals surface area contributed by atoms with E-state index in [0.717, 1.165) is 60.5 Å². The largest absolute Gasteiger partial charge is 0.488 e. The molecule has 3 aliphatic rings. The van der Waals surface area contributed by atoms with Gasteiger partial charge in [-0.05, 0) is 50.0 Å². The number of allylic oxidation sites excluding steroid dienone is 2. The van der Waals surface area contributed by atoms with Crippen LogP contribution in [0.5, 0.6) is 5.75 Å². The lowest BCUT2D eigenvalue weighted by atomic mass is 9.88. The fraction of sp³-hybridized carbons (Fsp3) is 0.296. The molecular formula is C27H27N3O2. The molecule has 0 atom stereocenters. The van der Waals surface area contributed by atoms with E-state index in [1.54, 1.807) is 12.4 Å². The molecule has 1 amide bonds. The minimum Gasteiger partial charge on any atom is -0.488 e. The molecule has 0 N–H and O–H groups in total. The van der Waals surface area contributed by atoms with Crippen LogP contribution < -0.4 is 4.74 Å². The number of ether oxygens (including phenoxy) is 1. The van der Waals surface area contributed by atoms with Crippen molar-refractivity contribution in [3.05, 3.63) is 88.4 Å². The van der Waals surface area contributed by atoms with Crippen LogP contribution in [0.4, 0.5) is 0 Å². The molecule has 0 bridgehead atoms. The number of aromatic nitrogens is 1. The van der Waals surface area contributed by atoms with Gasteiger partial charge in [-0.15, -0.1) is 0 Å². The van der Waals surface area contributed by atoms with Crippen LogP contribution in [-0.4, -0.2) is 35.1 Å². The number of likely N-dealkylation sites (tertiary alicyclic amines) is 1. The van der Waals surface area contributed by atoms with Gasteiger partial charge in [-0.2, -0.15) is 0 Å². The molecule has 1 aromatic carbocycles. The lowest BCUT2D eigenvalue weighted by Crippen LogP contribution is -2.36. The maximum atomic E-state index is 12.9. The Labute approximate surface area is 188 Å². The first-order valence-corrected chi connectivity index (χ1v) is 11.2. The summed E-state index contributed by atoms with van der Waals surface area (Å²) in [7, 11) is 0. The number of hydrogen-bond acceptors (Lipinski definition) is 4. The van der Waals surface area contributed by atoms with Crippen molar-refractivity contribution >= 4 is 17.7 Å². The molecule has 32 heavy (non-hydrogen) atoms. The molecule has 1 fully saturated rings. The van der Waals surface area contributed by atoms with Gasteiger partial charge in [0.1, 0.15) is 12.4 Å². The monoisotopic (exact) mass is 425 g/mol. The minimum absolute atomic E-state index is 0.197. The lowest BCUT2D eigenvalue weighted by Gasteiger charge is -2.30. The molecule has 2 aromatic rings. The van der Waals surface area contributed by atoms with E-state index in [0.29, 0.717) is 13.0 Å². The predicted octanol–water partition coefficient (Wildman–Crippen LogP) is 5.01. The van der Waals surface area contributed by atoms with Crippen LogP contribution in [0.25, 0.3) is 5.57 Å². The number of amides is 1. The highest BCUT2D eigenvalue weighted by atomic mass is 16.5. The Morgan fingerprint density at radius 1 is 1.19 bits per heavy atom. The zero-order chi connectivity index (χ0) is 21.9. The highest BCUT2D eigenvalue weighted by Gasteiger charge is 2.27. The maximum absolute atomic E-state index is 12.9. The fourth-order valence-electron chi connectivity index (χ4n) is 4.62. The Bertz CT molecular complexity index is 1160. The second-order valence-corrected chi connectivity index (χ2v) is 8.55. The molecule has 0 radical (unpaired) electrons. The third-order valence-corrected chi connectivity index (χ3v) is 6.34. The molecule has 5 nitrogen and oxygen atoms in total. The SMILES string of the molecule is Cc1ccc2c(c1)OCc1cccnc1C2=C1CCN(C(=O)CC2=CC=NC=CC2)CC1. The van der Waals surface area contributed by atoms with Gasteiger partial charge in [-0.25, -0.2) is 0 Å². The number of nitrogens with zero attached hydrogens (tertiary/aromatic N) is 3. The molecule has 1 saturated heterocycles. The van der Waals surface area contributed by atoms with Crippen LogP contribution in [0.2, 0.25) is 0 Å². The first-order valence-electron chi connectivity index (χ1n) is 11.2. The number of carbonyl (C=O) groups excluding carboxylic acids is 1. The second kappa shape index (κ2) is 8.95. The van der Waals surface area contributed by atoms with Gasteiger partial charge in [0.2, 0.25) is 5.91 Å². The van der Waals surface area contributed by atoms with Crippen molar-refractivity contribution in [3.63, 3.8) is 0 Å². The third-order valence-electron chi connectivity index (χ3n) is 6.34. The molecule has 0 saturated carbocycles. The number of fused-ring (bicyclic) bond motifs is 2. The lowest BCUT2D eigenvalue weighted by molar-refractivity contribution is -0.130. The topological polar surface area (TPSA) is 54.8 Å². The van der Waals surface area contributed by atoms with Crippen LogP contribution in [0.1, 0.15) is 48.1 Å². The molecule has 1 aromatic heterocycles. The summed E-state index contributed by atoms with van der Waals surface area (Å²) >= 11 is 0. The number of rotatable bonds is 2. The molecule has 5 heteroatoms. The van der Waals surface area contributed by atoms with Crippen molar-refractivity contribution in [1.29, 1.82) is 0 Å². The average Bonchev–Trinajstić information content (AvgIpc) is 3.16. The number of aliphatic imine (C=N–C) groups is 1. The molecule has 0 spiro atoms. The van der Waals surface area contributed by atoms with Crippen molar-refractivity contribution in [3.8, 4) is 5.75 Å². The second-order valence-electron chi connectivity index (χ2n) is 8.55. The Morgan fingerprint density at radius 2 is 2.06 bits per heavy atom. The van der Waals surface area contributed by atoms with Crippen molar-refractivity contribution in [2.24, 2.45) is 4.99 Å². The number of benzene rings is 1. The van der Waals surface area contributed by atoms with Crippen molar-refractivity contribution in [2.75, 3.05) is 13.1 Å². The third kappa shape index (κ3) is 4.15. The Hall–Kier alpha value is -3.47. The normalized spacial score (nSPS) is 17.7. The van der Waals surface area contributed by atoms with Gasteiger partial charge in [0, 0.05) is 54.8 Å². The molecule has 162 valence electrons. The number of piperidine rings is 1. The van der Waals surface area contributed by atoms with Gasteiger partial charge < -0.3 is 9.64 Å². The van der Waals surface area contributed by atoms with Gasteiger partial charge in [0.15, 0.2) is 0 Å². The molecule has 0 unspecified atom stereocenters. The Kier molecular flexibility index (Phi) is 5.71. The molecule has 5 rings (SSSR count). The van der Waals surface area contributed by atoms with Crippen LogP contribution in [0, 0.1) is 6.92 Å². The highest BCUT2D eigenvalue weighted by Crippen LogP contribution is 2.40. The zero-order valence-corrected chi connectivity index (χ0v) is 18.4. The van der Waals surface area contributed by atoms with Crippen LogP contribution in [-0.2, 0) is 11.4 Å². The summed E-state index contributed by atoms with van der Waals surface area (Å²) in [6.07, 6.45) is 12.3. The molecular weight excluding hydrogens is 398 g/mol. The van der Waals surface area contributed by atoms with E-state index < -0.39 is 0 Å². The summed E-state index contributed by atoms with van der Waals surface area (Å²) in [4.78, 5) is 23.8. The van der Waals surface area contributed by atoms with Crippen LogP contribution in [0.15, 0.2) is 71.0 Å². The van der Waals surface area contributed by atoms with Gasteiger partial charge in [0.05, 0.1) is 5.69 Å². The van der Waals surface area contributed by atoms with Gasteiger partial charge in [0.25, 0.3) is 0 Å². The standard InChI is InChI=1S/C27H27N3O2/c1-19-6-7-23-24(16-19)32-18-22-5-3-12-29-27(22)26(23)21-9-14-30(15-10-21)25(31)17-20-4-2-11-28-13-8-20/h2-3,5-8,11-13,16H,4,9-10,14-15,17-18H2,1H3. The van der Waals surface area contributed by atoms with E-state index in [1.807, 2.05) is 29.3 Å². The zero-order valence-electron chi connectivity index (χ0n) is 18.4. The number of carbonyl (C=O) groups is 1. The summed E-state index contributed by atoms with van der Waals surface area (Å²) in [6, 6.07) is 10.5. The summed E-state index contributed by atoms with van der Waals surface area (Å²) in [5, 5.41) is 0. The predicted molar refractivity (Wildman–Crippen MR) is 127 cm³/mol. The van der Waals surface area contributed by atoms with E-state index in [4.69, 9.17) is 9.72 Å². The van der Waals surface area contributed by atoms with Gasteiger partial charge >= 0.3 is 0 Å². The summed E-state index contributed by atoms with van der Waals surface area (Å²) in [6.45, 7) is 4.08. The van der Waals surface area contributed by atoms with Crippen molar-refractivity contribution in [2.45, 2.75) is 39.2 Å². The fourth-order valence-corrected chi connectivity index (χ4v) is 4.62. The van der Waals surface area contributed by atoms with Crippen molar-refractivity contribution < 1.29 is 9.53 Å². The van der Waals surface area contributed by atoms with Crippen LogP contribution >= 0.6 is 0 Å². The molecule has 4 heterocycles.